The average molecular weight is 252 g/mol. The van der Waals surface area contributed by atoms with Gasteiger partial charge < -0.3 is 10.6 Å². The fourth-order valence-electron chi connectivity index (χ4n) is 3.38. The first-order valence-electron chi connectivity index (χ1n) is 7.57. The van der Waals surface area contributed by atoms with Gasteiger partial charge in [-0.15, -0.1) is 0 Å². The number of hydrogen-bond donors (Lipinski definition) is 2. The second-order valence-corrected chi connectivity index (χ2v) is 6.79. The predicted molar refractivity (Wildman–Crippen MR) is 74.3 cm³/mol. The second kappa shape index (κ2) is 6.05. The Kier molecular flexibility index (Phi) is 4.66. The summed E-state index contributed by atoms with van der Waals surface area (Å²) in [7, 11) is 0. The Hall–Kier alpha value is -0.570. The maximum absolute atomic E-state index is 12.2. The van der Waals surface area contributed by atoms with Crippen molar-refractivity contribution in [2.45, 2.75) is 52.4 Å². The van der Waals surface area contributed by atoms with Crippen LogP contribution in [-0.2, 0) is 4.79 Å². The fraction of sp³-hybridized carbons (Fsp3) is 0.933. The van der Waals surface area contributed by atoms with Crippen molar-refractivity contribution in [3.05, 3.63) is 0 Å². The minimum absolute atomic E-state index is 0.181. The molecule has 2 fully saturated rings. The van der Waals surface area contributed by atoms with Crippen LogP contribution in [0.3, 0.4) is 0 Å². The van der Waals surface area contributed by atoms with Gasteiger partial charge in [0.1, 0.15) is 0 Å². The molecule has 1 aliphatic heterocycles. The molecule has 2 atom stereocenters. The lowest BCUT2D eigenvalue weighted by molar-refractivity contribution is -0.126. The van der Waals surface area contributed by atoms with Gasteiger partial charge in [0.25, 0.3) is 0 Å². The first kappa shape index (κ1) is 13.9. The minimum Gasteiger partial charge on any atom is -0.355 e. The average Bonchev–Trinajstić information content (AvgIpc) is 2.37. The Bertz CT molecular complexity index is 284. The molecule has 1 saturated heterocycles. The van der Waals surface area contributed by atoms with Gasteiger partial charge in [-0.25, -0.2) is 0 Å². The van der Waals surface area contributed by atoms with Crippen LogP contribution in [0.25, 0.3) is 0 Å². The van der Waals surface area contributed by atoms with Gasteiger partial charge >= 0.3 is 0 Å². The van der Waals surface area contributed by atoms with E-state index in [0.717, 1.165) is 26.1 Å². The third kappa shape index (κ3) is 3.71. The molecular formula is C15H28N2O. The van der Waals surface area contributed by atoms with Crippen LogP contribution in [0.2, 0.25) is 0 Å². The summed E-state index contributed by atoms with van der Waals surface area (Å²) >= 11 is 0. The first-order chi connectivity index (χ1) is 8.59. The third-order valence-corrected chi connectivity index (χ3v) is 4.69. The van der Waals surface area contributed by atoms with Crippen LogP contribution < -0.4 is 10.6 Å². The SMILES string of the molecule is CC1CNCC(C(=O)NCC2(C)CCCCC2)C1. The summed E-state index contributed by atoms with van der Waals surface area (Å²) in [5, 5.41) is 6.56. The maximum atomic E-state index is 12.2. The largest absolute Gasteiger partial charge is 0.355 e. The maximum Gasteiger partial charge on any atom is 0.224 e. The number of nitrogens with one attached hydrogen (secondary N) is 2. The molecule has 1 amide bonds. The molecule has 0 aromatic rings. The van der Waals surface area contributed by atoms with E-state index in [1.54, 1.807) is 0 Å². The molecule has 2 rings (SSSR count). The highest BCUT2D eigenvalue weighted by atomic mass is 16.1. The molecule has 104 valence electrons. The van der Waals surface area contributed by atoms with E-state index in [2.05, 4.69) is 24.5 Å². The summed E-state index contributed by atoms with van der Waals surface area (Å²) in [5.41, 5.74) is 0.349. The molecule has 0 spiro atoms. The molecule has 0 radical (unpaired) electrons. The highest BCUT2D eigenvalue weighted by Gasteiger charge is 2.29. The van der Waals surface area contributed by atoms with Crippen LogP contribution in [0.1, 0.15) is 52.4 Å². The molecule has 0 aromatic carbocycles. The van der Waals surface area contributed by atoms with Crippen LogP contribution in [0.5, 0.6) is 0 Å². The Morgan fingerprint density at radius 3 is 2.67 bits per heavy atom. The molecular weight excluding hydrogens is 224 g/mol. The van der Waals surface area contributed by atoms with Gasteiger partial charge in [0.05, 0.1) is 5.92 Å². The Labute approximate surface area is 111 Å². The zero-order valence-corrected chi connectivity index (χ0v) is 11.9. The normalized spacial score (nSPS) is 31.9. The van der Waals surface area contributed by atoms with Gasteiger partial charge in [0.2, 0.25) is 5.91 Å². The van der Waals surface area contributed by atoms with Crippen LogP contribution >= 0.6 is 0 Å². The van der Waals surface area contributed by atoms with E-state index in [1.807, 2.05) is 0 Å². The summed E-state index contributed by atoms with van der Waals surface area (Å²) in [5.74, 6) is 1.07. The number of piperidine rings is 1. The predicted octanol–water partition coefficient (Wildman–Crippen LogP) is 2.32. The van der Waals surface area contributed by atoms with Crippen molar-refractivity contribution in [1.82, 2.24) is 10.6 Å². The third-order valence-electron chi connectivity index (χ3n) is 4.69. The topological polar surface area (TPSA) is 41.1 Å². The minimum atomic E-state index is 0.181. The molecule has 3 heteroatoms. The Balaban J connectivity index is 1.76. The highest BCUT2D eigenvalue weighted by Crippen LogP contribution is 2.35. The van der Waals surface area contributed by atoms with Crippen LogP contribution in [0.4, 0.5) is 0 Å². The molecule has 2 N–H and O–H groups in total. The van der Waals surface area contributed by atoms with Crippen molar-refractivity contribution in [1.29, 1.82) is 0 Å². The summed E-state index contributed by atoms with van der Waals surface area (Å²) in [4.78, 5) is 12.2. The zero-order valence-electron chi connectivity index (χ0n) is 11.9. The number of carbonyl (C=O) groups excluding carboxylic acids is 1. The summed E-state index contributed by atoms with van der Waals surface area (Å²) in [6, 6.07) is 0. The standard InChI is InChI=1S/C15H28N2O/c1-12-8-13(10-16-9-12)14(18)17-11-15(2)6-4-3-5-7-15/h12-13,16H,3-11H2,1-2H3,(H,17,18). The first-order valence-corrected chi connectivity index (χ1v) is 7.57. The summed E-state index contributed by atoms with van der Waals surface area (Å²) in [6.45, 7) is 7.33. The zero-order chi connectivity index (χ0) is 13.0. The molecule has 1 aliphatic carbocycles. The van der Waals surface area contributed by atoms with Crippen molar-refractivity contribution in [2.24, 2.45) is 17.3 Å². The van der Waals surface area contributed by atoms with Gasteiger partial charge in [-0.05, 0) is 37.1 Å². The van der Waals surface area contributed by atoms with E-state index >= 15 is 0 Å². The van der Waals surface area contributed by atoms with Gasteiger partial charge in [0.15, 0.2) is 0 Å². The molecule has 1 heterocycles. The van der Waals surface area contributed by atoms with Gasteiger partial charge in [-0.2, -0.15) is 0 Å². The van der Waals surface area contributed by atoms with Gasteiger partial charge in [0, 0.05) is 13.1 Å². The van der Waals surface area contributed by atoms with Gasteiger partial charge in [-0.3, -0.25) is 4.79 Å². The molecule has 2 unspecified atom stereocenters. The Morgan fingerprint density at radius 1 is 1.28 bits per heavy atom. The van der Waals surface area contributed by atoms with Crippen molar-refractivity contribution >= 4 is 5.91 Å². The van der Waals surface area contributed by atoms with Crippen LogP contribution in [0.15, 0.2) is 0 Å². The molecule has 0 aromatic heterocycles. The van der Waals surface area contributed by atoms with E-state index in [0.29, 0.717) is 11.3 Å². The lowest BCUT2D eigenvalue weighted by atomic mass is 9.75. The van der Waals surface area contributed by atoms with Crippen molar-refractivity contribution < 1.29 is 4.79 Å². The van der Waals surface area contributed by atoms with Gasteiger partial charge in [-0.1, -0.05) is 33.1 Å². The number of hydrogen-bond acceptors (Lipinski definition) is 2. The molecule has 0 bridgehead atoms. The number of rotatable bonds is 3. The molecule has 1 saturated carbocycles. The van der Waals surface area contributed by atoms with E-state index in [4.69, 9.17) is 0 Å². The molecule has 2 aliphatic rings. The van der Waals surface area contributed by atoms with Crippen LogP contribution in [-0.4, -0.2) is 25.5 Å². The fourth-order valence-corrected chi connectivity index (χ4v) is 3.38. The van der Waals surface area contributed by atoms with Crippen molar-refractivity contribution in [2.75, 3.05) is 19.6 Å². The van der Waals surface area contributed by atoms with E-state index in [1.165, 1.54) is 32.1 Å². The number of amides is 1. The van der Waals surface area contributed by atoms with E-state index < -0.39 is 0 Å². The van der Waals surface area contributed by atoms with Crippen molar-refractivity contribution in [3.63, 3.8) is 0 Å². The van der Waals surface area contributed by atoms with E-state index in [-0.39, 0.29) is 11.8 Å². The molecule has 18 heavy (non-hydrogen) atoms. The molecule has 3 nitrogen and oxygen atoms in total. The summed E-state index contributed by atoms with van der Waals surface area (Å²) in [6.07, 6.45) is 7.60. The quantitative estimate of drug-likeness (QED) is 0.809. The van der Waals surface area contributed by atoms with Crippen LogP contribution in [0, 0.1) is 17.3 Å². The second-order valence-electron chi connectivity index (χ2n) is 6.79. The van der Waals surface area contributed by atoms with E-state index in [9.17, 15) is 4.79 Å². The monoisotopic (exact) mass is 252 g/mol. The summed E-state index contributed by atoms with van der Waals surface area (Å²) < 4.78 is 0. The highest BCUT2D eigenvalue weighted by molar-refractivity contribution is 5.79. The van der Waals surface area contributed by atoms with Crippen molar-refractivity contribution in [3.8, 4) is 0 Å². The lowest BCUT2D eigenvalue weighted by Gasteiger charge is -2.35. The Morgan fingerprint density at radius 2 is 2.00 bits per heavy atom. The lowest BCUT2D eigenvalue weighted by Crippen LogP contribution is -2.46. The smallest absolute Gasteiger partial charge is 0.224 e. The number of carbonyl (C=O) groups is 1.